The van der Waals surface area contributed by atoms with Gasteiger partial charge in [0.25, 0.3) is 0 Å². The van der Waals surface area contributed by atoms with Gasteiger partial charge in [0.2, 0.25) is 15.9 Å². The molecule has 6 nitrogen and oxygen atoms in total. The molecule has 0 saturated carbocycles. The van der Waals surface area contributed by atoms with Crippen LogP contribution in [0, 0.1) is 13.8 Å². The quantitative estimate of drug-likeness (QED) is 0.716. The molecule has 26 heavy (non-hydrogen) atoms. The fourth-order valence-electron chi connectivity index (χ4n) is 2.71. The van der Waals surface area contributed by atoms with Crippen LogP contribution in [0.25, 0.3) is 11.0 Å². The largest absolute Gasteiger partial charge is 0.464 e. The number of rotatable bonds is 5. The highest BCUT2D eigenvalue weighted by Crippen LogP contribution is 2.24. The lowest BCUT2D eigenvalue weighted by molar-refractivity contribution is -0.115. The molecule has 7 heteroatoms. The maximum atomic E-state index is 12.4. The number of anilines is 2. The molecule has 1 amide bonds. The van der Waals surface area contributed by atoms with Gasteiger partial charge in [0.1, 0.15) is 5.58 Å². The molecule has 0 radical (unpaired) electrons. The van der Waals surface area contributed by atoms with Gasteiger partial charge in [-0.1, -0.05) is 18.2 Å². The van der Waals surface area contributed by atoms with Crippen molar-refractivity contribution in [1.82, 2.24) is 0 Å². The van der Waals surface area contributed by atoms with Gasteiger partial charge in [0, 0.05) is 16.6 Å². The summed E-state index contributed by atoms with van der Waals surface area (Å²) in [5.41, 5.74) is 4.38. The Balaban J connectivity index is 1.76. The number of amides is 1. The van der Waals surface area contributed by atoms with Crippen LogP contribution in [0.4, 0.5) is 11.4 Å². The molecule has 0 unspecified atom stereocenters. The standard InChI is InChI=1S/C19H20N2O4S/c1-12-4-7-16-14(11-25-18(16)8-12)9-19(22)20-15-6-5-13(2)17(10-15)21-26(3,23)24/h4-8,10-11,21H,9H2,1-3H3,(H,20,22). The Labute approximate surface area is 152 Å². The summed E-state index contributed by atoms with van der Waals surface area (Å²) in [6.45, 7) is 3.77. The molecule has 136 valence electrons. The van der Waals surface area contributed by atoms with E-state index in [4.69, 9.17) is 4.42 Å². The number of furan rings is 1. The van der Waals surface area contributed by atoms with Crippen molar-refractivity contribution < 1.29 is 17.6 Å². The van der Waals surface area contributed by atoms with E-state index in [0.717, 1.165) is 33.9 Å². The van der Waals surface area contributed by atoms with Crippen LogP contribution in [0.15, 0.2) is 47.1 Å². The van der Waals surface area contributed by atoms with Crippen LogP contribution < -0.4 is 10.0 Å². The molecule has 2 N–H and O–H groups in total. The lowest BCUT2D eigenvalue weighted by Crippen LogP contribution is -2.15. The molecule has 2 aromatic carbocycles. The van der Waals surface area contributed by atoms with E-state index in [9.17, 15) is 13.2 Å². The number of hydrogen-bond donors (Lipinski definition) is 2. The van der Waals surface area contributed by atoms with E-state index in [1.165, 1.54) is 0 Å². The van der Waals surface area contributed by atoms with E-state index in [2.05, 4.69) is 10.0 Å². The summed E-state index contributed by atoms with van der Waals surface area (Å²) in [5.74, 6) is -0.206. The van der Waals surface area contributed by atoms with Crippen molar-refractivity contribution >= 4 is 38.3 Å². The molecule has 0 fully saturated rings. The summed E-state index contributed by atoms with van der Waals surface area (Å²) >= 11 is 0. The van der Waals surface area contributed by atoms with Crippen molar-refractivity contribution in [3.63, 3.8) is 0 Å². The van der Waals surface area contributed by atoms with Gasteiger partial charge < -0.3 is 9.73 Å². The average Bonchev–Trinajstić information content (AvgIpc) is 2.91. The van der Waals surface area contributed by atoms with Gasteiger partial charge in [-0.05, 0) is 43.2 Å². The number of nitrogens with one attached hydrogen (secondary N) is 2. The number of carbonyl (C=O) groups excluding carboxylic acids is 1. The summed E-state index contributed by atoms with van der Waals surface area (Å²) < 4.78 is 30.8. The Bertz CT molecular complexity index is 1080. The van der Waals surface area contributed by atoms with Crippen molar-refractivity contribution in [3.05, 3.63) is 59.4 Å². The first-order valence-corrected chi connectivity index (χ1v) is 9.95. The minimum Gasteiger partial charge on any atom is -0.464 e. The number of fused-ring (bicyclic) bond motifs is 1. The number of benzene rings is 2. The van der Waals surface area contributed by atoms with Crippen LogP contribution >= 0.6 is 0 Å². The van der Waals surface area contributed by atoms with Crippen LogP contribution in [-0.2, 0) is 21.2 Å². The van der Waals surface area contributed by atoms with Crippen LogP contribution in [0.5, 0.6) is 0 Å². The summed E-state index contributed by atoms with van der Waals surface area (Å²) in [7, 11) is -3.39. The van der Waals surface area contributed by atoms with E-state index in [-0.39, 0.29) is 12.3 Å². The van der Waals surface area contributed by atoms with E-state index < -0.39 is 10.0 Å². The molecule has 0 saturated heterocycles. The summed E-state index contributed by atoms with van der Waals surface area (Å²) in [6.07, 6.45) is 2.84. The van der Waals surface area contributed by atoms with E-state index >= 15 is 0 Å². The first kappa shape index (κ1) is 18.0. The lowest BCUT2D eigenvalue weighted by Gasteiger charge is -2.11. The average molecular weight is 372 g/mol. The van der Waals surface area contributed by atoms with Gasteiger partial charge in [-0.3, -0.25) is 9.52 Å². The predicted octanol–water partition coefficient (Wildman–Crippen LogP) is 3.60. The van der Waals surface area contributed by atoms with Crippen molar-refractivity contribution in [1.29, 1.82) is 0 Å². The van der Waals surface area contributed by atoms with Gasteiger partial charge in [0.05, 0.1) is 24.6 Å². The first-order chi connectivity index (χ1) is 12.2. The highest BCUT2D eigenvalue weighted by atomic mass is 32.2. The number of aryl methyl sites for hydroxylation is 2. The fraction of sp³-hybridized carbons (Fsp3) is 0.211. The van der Waals surface area contributed by atoms with Crippen molar-refractivity contribution in [2.75, 3.05) is 16.3 Å². The molecular weight excluding hydrogens is 352 g/mol. The second kappa shape index (κ2) is 6.84. The summed E-state index contributed by atoms with van der Waals surface area (Å²) in [5, 5.41) is 3.71. The highest BCUT2D eigenvalue weighted by molar-refractivity contribution is 7.92. The molecular formula is C19H20N2O4S. The number of carbonyl (C=O) groups is 1. The van der Waals surface area contributed by atoms with Crippen molar-refractivity contribution in [2.24, 2.45) is 0 Å². The second-order valence-electron chi connectivity index (χ2n) is 6.39. The van der Waals surface area contributed by atoms with Crippen LogP contribution in [0.2, 0.25) is 0 Å². The van der Waals surface area contributed by atoms with Gasteiger partial charge in [-0.2, -0.15) is 0 Å². The maximum absolute atomic E-state index is 12.4. The van der Waals surface area contributed by atoms with E-state index in [0.29, 0.717) is 11.4 Å². The third kappa shape index (κ3) is 4.23. The van der Waals surface area contributed by atoms with Gasteiger partial charge >= 0.3 is 0 Å². The van der Waals surface area contributed by atoms with Crippen LogP contribution in [0.1, 0.15) is 16.7 Å². The molecule has 0 aliphatic heterocycles. The second-order valence-corrected chi connectivity index (χ2v) is 8.14. The third-order valence-electron chi connectivity index (χ3n) is 3.98. The molecule has 0 atom stereocenters. The van der Waals surface area contributed by atoms with Gasteiger partial charge in [0.15, 0.2) is 0 Å². The molecule has 1 aromatic heterocycles. The van der Waals surface area contributed by atoms with Crippen molar-refractivity contribution in [2.45, 2.75) is 20.3 Å². The zero-order chi connectivity index (χ0) is 18.9. The van der Waals surface area contributed by atoms with Crippen molar-refractivity contribution in [3.8, 4) is 0 Å². The zero-order valence-electron chi connectivity index (χ0n) is 14.8. The lowest BCUT2D eigenvalue weighted by atomic mass is 10.1. The molecule has 0 aliphatic rings. The normalized spacial score (nSPS) is 11.5. The number of hydrogen-bond acceptors (Lipinski definition) is 4. The molecule has 3 rings (SSSR count). The highest BCUT2D eigenvalue weighted by Gasteiger charge is 2.12. The molecule has 3 aromatic rings. The molecule has 1 heterocycles. The van der Waals surface area contributed by atoms with Gasteiger partial charge in [-0.15, -0.1) is 0 Å². The topological polar surface area (TPSA) is 88.4 Å². The minimum atomic E-state index is -3.39. The third-order valence-corrected chi connectivity index (χ3v) is 4.57. The number of sulfonamides is 1. The van der Waals surface area contributed by atoms with E-state index in [1.807, 2.05) is 25.1 Å². The summed E-state index contributed by atoms with van der Waals surface area (Å²) in [6, 6.07) is 10.9. The Kier molecular flexibility index (Phi) is 4.73. The van der Waals surface area contributed by atoms with E-state index in [1.54, 1.807) is 31.4 Å². The van der Waals surface area contributed by atoms with Crippen LogP contribution in [-0.4, -0.2) is 20.6 Å². The fourth-order valence-corrected chi connectivity index (χ4v) is 3.33. The Morgan fingerprint density at radius 3 is 2.62 bits per heavy atom. The Morgan fingerprint density at radius 2 is 1.88 bits per heavy atom. The van der Waals surface area contributed by atoms with Gasteiger partial charge in [-0.25, -0.2) is 8.42 Å². The predicted molar refractivity (Wildman–Crippen MR) is 103 cm³/mol. The van der Waals surface area contributed by atoms with Crippen LogP contribution in [0.3, 0.4) is 0 Å². The molecule has 0 aliphatic carbocycles. The summed E-state index contributed by atoms with van der Waals surface area (Å²) in [4.78, 5) is 12.4. The first-order valence-electron chi connectivity index (χ1n) is 8.06. The Morgan fingerprint density at radius 1 is 1.12 bits per heavy atom. The molecule has 0 spiro atoms. The minimum absolute atomic E-state index is 0.165. The molecule has 0 bridgehead atoms. The maximum Gasteiger partial charge on any atom is 0.229 e. The SMILES string of the molecule is Cc1ccc2c(CC(=O)Nc3ccc(C)c(NS(C)(=O)=O)c3)coc2c1. The smallest absolute Gasteiger partial charge is 0.229 e. The zero-order valence-corrected chi connectivity index (χ0v) is 15.6. The Hall–Kier alpha value is -2.80. The monoisotopic (exact) mass is 372 g/mol.